The monoisotopic (exact) mass is 213 g/mol. The van der Waals surface area contributed by atoms with Crippen LogP contribution in [0, 0.1) is 11.6 Å². The Morgan fingerprint density at radius 3 is 2.47 bits per heavy atom. The highest BCUT2D eigenvalue weighted by Gasteiger charge is 2.12. The molecule has 0 aliphatic carbocycles. The van der Waals surface area contributed by atoms with E-state index in [-0.39, 0.29) is 6.42 Å². The van der Waals surface area contributed by atoms with E-state index in [9.17, 15) is 8.78 Å². The van der Waals surface area contributed by atoms with Crippen LogP contribution >= 0.6 is 0 Å². The molecule has 0 fully saturated rings. The van der Waals surface area contributed by atoms with E-state index in [0.29, 0.717) is 11.3 Å². The summed E-state index contributed by atoms with van der Waals surface area (Å²) in [6, 6.07) is 3.31. The summed E-state index contributed by atoms with van der Waals surface area (Å²) in [5.41, 5.74) is 3.04. The number of benzene rings is 1. The van der Waals surface area contributed by atoms with E-state index in [2.05, 4.69) is 5.43 Å². The molecule has 1 heterocycles. The van der Waals surface area contributed by atoms with Gasteiger partial charge in [0.15, 0.2) is 0 Å². The third-order valence-electron chi connectivity index (χ3n) is 1.87. The van der Waals surface area contributed by atoms with Gasteiger partial charge in [0.2, 0.25) is 0 Å². The highest BCUT2D eigenvalue weighted by molar-refractivity contribution is 5.22. The van der Waals surface area contributed by atoms with Crippen LogP contribution in [0.25, 0.3) is 0 Å². The van der Waals surface area contributed by atoms with Crippen molar-refractivity contribution < 1.29 is 13.6 Å². The van der Waals surface area contributed by atoms with E-state index in [1.165, 1.54) is 18.3 Å². The number of hydrogen-bond acceptors (Lipinski definition) is 4. The van der Waals surface area contributed by atoms with E-state index in [1.807, 2.05) is 0 Å². The van der Waals surface area contributed by atoms with Crippen molar-refractivity contribution in [3.63, 3.8) is 0 Å². The van der Waals surface area contributed by atoms with E-state index in [0.717, 1.165) is 11.3 Å². The van der Waals surface area contributed by atoms with Crippen LogP contribution in [0.1, 0.15) is 5.56 Å². The fourth-order valence-corrected chi connectivity index (χ4v) is 1.31. The second kappa shape index (κ2) is 3.84. The lowest BCUT2D eigenvalue weighted by molar-refractivity contribution is -0.130. The number of hydrogen-bond donors (Lipinski definition) is 2. The molecular formula is C9H9F2N3O. The Morgan fingerprint density at radius 2 is 1.93 bits per heavy atom. The van der Waals surface area contributed by atoms with Gasteiger partial charge in [-0.05, 0) is 17.7 Å². The van der Waals surface area contributed by atoms with Gasteiger partial charge in [0, 0.05) is 17.8 Å². The van der Waals surface area contributed by atoms with Crippen molar-refractivity contribution in [2.45, 2.75) is 6.42 Å². The van der Waals surface area contributed by atoms with Crippen molar-refractivity contribution in [3.8, 4) is 0 Å². The predicted octanol–water partition coefficient (Wildman–Crippen LogP) is 0.974. The van der Waals surface area contributed by atoms with Crippen molar-refractivity contribution in [2.75, 3.05) is 0 Å². The molecule has 80 valence electrons. The van der Waals surface area contributed by atoms with Gasteiger partial charge in [-0.15, -0.1) is 0 Å². The van der Waals surface area contributed by atoms with Gasteiger partial charge in [0.05, 0.1) is 6.20 Å². The first-order chi connectivity index (χ1) is 7.13. The van der Waals surface area contributed by atoms with Gasteiger partial charge in [0.25, 0.3) is 0 Å². The van der Waals surface area contributed by atoms with Crippen molar-refractivity contribution >= 4 is 0 Å². The van der Waals surface area contributed by atoms with Crippen molar-refractivity contribution in [2.24, 2.45) is 5.84 Å². The first-order valence-electron chi connectivity index (χ1n) is 4.26. The van der Waals surface area contributed by atoms with Crippen molar-refractivity contribution in [3.05, 3.63) is 47.4 Å². The van der Waals surface area contributed by atoms with Gasteiger partial charge in [-0.3, -0.25) is 5.43 Å². The van der Waals surface area contributed by atoms with Crippen LogP contribution in [0.2, 0.25) is 0 Å². The summed E-state index contributed by atoms with van der Waals surface area (Å²) in [4.78, 5) is 4.96. The molecule has 1 aromatic carbocycles. The topological polar surface area (TPSA) is 50.5 Å². The normalized spacial score (nSPS) is 15.8. The molecule has 2 rings (SSSR count). The Hall–Kier alpha value is -1.66. The first-order valence-corrected chi connectivity index (χ1v) is 4.26. The second-order valence-electron chi connectivity index (χ2n) is 3.11. The molecule has 0 unspecified atom stereocenters. The van der Waals surface area contributed by atoms with Crippen LogP contribution in [0.5, 0.6) is 0 Å². The lowest BCUT2D eigenvalue weighted by Crippen LogP contribution is -2.35. The standard InChI is InChI=1S/C9H9F2N3O/c10-7-1-6(2-8(11)4-7)3-9-5-13-14(12)15-9/h1-2,4-5,13H,3,12H2. The molecule has 1 aliphatic rings. The fraction of sp³-hybridized carbons (Fsp3) is 0.111. The molecule has 6 heteroatoms. The van der Waals surface area contributed by atoms with Crippen LogP contribution in [0.15, 0.2) is 30.2 Å². The highest BCUT2D eigenvalue weighted by atomic mass is 19.1. The van der Waals surface area contributed by atoms with Crippen molar-refractivity contribution in [1.82, 2.24) is 10.7 Å². The zero-order valence-corrected chi connectivity index (χ0v) is 7.71. The van der Waals surface area contributed by atoms with Gasteiger partial charge >= 0.3 is 0 Å². The maximum absolute atomic E-state index is 12.8. The molecule has 0 amide bonds. The highest BCUT2D eigenvalue weighted by Crippen LogP contribution is 2.14. The molecule has 0 saturated carbocycles. The molecule has 1 aromatic rings. The van der Waals surface area contributed by atoms with Crippen LogP contribution < -0.4 is 11.3 Å². The third kappa shape index (κ3) is 2.42. The molecule has 0 radical (unpaired) electrons. The second-order valence-corrected chi connectivity index (χ2v) is 3.11. The van der Waals surface area contributed by atoms with E-state index < -0.39 is 11.6 Å². The van der Waals surface area contributed by atoms with E-state index in [1.54, 1.807) is 0 Å². The lowest BCUT2D eigenvalue weighted by atomic mass is 10.1. The number of allylic oxidation sites excluding steroid dienone is 1. The number of rotatable bonds is 2. The maximum atomic E-state index is 12.8. The summed E-state index contributed by atoms with van der Waals surface area (Å²) in [6.07, 6.45) is 1.79. The Morgan fingerprint density at radius 1 is 1.27 bits per heavy atom. The predicted molar refractivity (Wildman–Crippen MR) is 48.4 cm³/mol. The van der Waals surface area contributed by atoms with E-state index in [4.69, 9.17) is 10.7 Å². The van der Waals surface area contributed by atoms with Crippen LogP contribution in [0.3, 0.4) is 0 Å². The average molecular weight is 213 g/mol. The van der Waals surface area contributed by atoms with Crippen LogP contribution in [-0.2, 0) is 11.3 Å². The molecule has 0 spiro atoms. The van der Waals surface area contributed by atoms with Crippen LogP contribution in [-0.4, -0.2) is 5.28 Å². The van der Waals surface area contributed by atoms with Gasteiger partial charge in [-0.2, -0.15) is 0 Å². The summed E-state index contributed by atoms with van der Waals surface area (Å²) in [7, 11) is 0. The summed E-state index contributed by atoms with van der Waals surface area (Å²) in [5.74, 6) is 4.51. The van der Waals surface area contributed by atoms with Crippen molar-refractivity contribution in [1.29, 1.82) is 0 Å². The zero-order chi connectivity index (χ0) is 10.8. The minimum Gasteiger partial charge on any atom is -0.374 e. The average Bonchev–Trinajstić information content (AvgIpc) is 2.49. The summed E-state index contributed by atoms with van der Waals surface area (Å²) in [5, 5.41) is 0.908. The van der Waals surface area contributed by atoms with Gasteiger partial charge in [0.1, 0.15) is 17.4 Å². The maximum Gasteiger partial charge on any atom is 0.150 e. The molecule has 0 aromatic heterocycles. The smallest absolute Gasteiger partial charge is 0.150 e. The molecular weight excluding hydrogens is 204 g/mol. The first kappa shape index (κ1) is 9.88. The lowest BCUT2D eigenvalue weighted by Gasteiger charge is -2.08. The summed E-state index contributed by atoms with van der Waals surface area (Å²) >= 11 is 0. The molecule has 3 N–H and O–H groups in total. The Balaban J connectivity index is 2.11. The van der Waals surface area contributed by atoms with Crippen LogP contribution in [0.4, 0.5) is 8.78 Å². The minimum atomic E-state index is -0.610. The summed E-state index contributed by atoms with van der Waals surface area (Å²) in [6.45, 7) is 0. The number of halogens is 2. The fourth-order valence-electron chi connectivity index (χ4n) is 1.31. The zero-order valence-electron chi connectivity index (χ0n) is 7.71. The molecule has 15 heavy (non-hydrogen) atoms. The van der Waals surface area contributed by atoms with Gasteiger partial charge < -0.3 is 4.84 Å². The molecule has 1 aliphatic heterocycles. The number of nitrogens with two attached hydrogens (primary N) is 1. The quantitative estimate of drug-likeness (QED) is 0.719. The van der Waals surface area contributed by atoms with E-state index >= 15 is 0 Å². The molecule has 0 atom stereocenters. The largest absolute Gasteiger partial charge is 0.374 e. The third-order valence-corrected chi connectivity index (χ3v) is 1.87. The molecule has 0 bridgehead atoms. The Bertz CT molecular complexity index is 388. The number of nitrogens with one attached hydrogen (secondary N) is 1. The Kier molecular flexibility index (Phi) is 2.53. The van der Waals surface area contributed by atoms with Gasteiger partial charge in [-0.1, -0.05) is 0 Å². The summed E-state index contributed by atoms with van der Waals surface area (Å²) < 4.78 is 25.7. The number of hydrazine groups is 2. The van der Waals surface area contributed by atoms with Gasteiger partial charge in [-0.25, -0.2) is 14.6 Å². The SMILES string of the molecule is NN1NC=C(Cc2cc(F)cc(F)c2)O1. The molecule has 0 saturated heterocycles. The number of nitrogens with zero attached hydrogens (tertiary/aromatic N) is 1. The molecule has 4 nitrogen and oxygen atoms in total. The Labute approximate surface area is 84.8 Å². The minimum absolute atomic E-state index is 0.273.